The van der Waals surface area contributed by atoms with Gasteiger partial charge in [-0.05, 0) is 17.9 Å². The highest BCUT2D eigenvalue weighted by Crippen LogP contribution is 2.19. The second-order valence-electron chi connectivity index (χ2n) is 5.81. The first kappa shape index (κ1) is 17.6. The molecule has 0 unspecified atom stereocenters. The summed E-state index contributed by atoms with van der Waals surface area (Å²) in [6.07, 6.45) is 5.50. The summed E-state index contributed by atoms with van der Waals surface area (Å²) in [6.45, 7) is 6.31. The molecule has 8 heteroatoms. The smallest absolute Gasteiger partial charge is 0.252 e. The van der Waals surface area contributed by atoms with Crippen LogP contribution in [-0.2, 0) is 6.54 Å². The van der Waals surface area contributed by atoms with E-state index in [1.807, 2.05) is 12.4 Å². The maximum atomic E-state index is 11.6. The highest BCUT2D eigenvalue weighted by molar-refractivity contribution is 7.99. The monoisotopic (exact) mass is 358 g/mol. The van der Waals surface area contributed by atoms with Crippen LogP contribution in [-0.4, -0.2) is 57.7 Å². The molecular weight excluding hydrogens is 336 g/mol. The molecule has 0 saturated carbocycles. The van der Waals surface area contributed by atoms with Gasteiger partial charge in [-0.2, -0.15) is 0 Å². The lowest BCUT2D eigenvalue weighted by atomic mass is 10.2. The van der Waals surface area contributed by atoms with Gasteiger partial charge >= 0.3 is 0 Å². The zero-order chi connectivity index (χ0) is 17.6. The maximum Gasteiger partial charge on any atom is 0.252 e. The first-order chi connectivity index (χ1) is 12.2. The molecular formula is C17H22N6OS. The third-order valence-electron chi connectivity index (χ3n) is 4.09. The Morgan fingerprint density at radius 3 is 2.56 bits per heavy atom. The van der Waals surface area contributed by atoms with Gasteiger partial charge in [0.15, 0.2) is 5.16 Å². The molecule has 1 aliphatic heterocycles. The fraction of sp³-hybridized carbons (Fsp3) is 0.412. The number of pyridine rings is 1. The van der Waals surface area contributed by atoms with Gasteiger partial charge in [0.2, 0.25) is 0 Å². The van der Waals surface area contributed by atoms with Crippen LogP contribution in [0.2, 0.25) is 0 Å². The van der Waals surface area contributed by atoms with E-state index in [9.17, 15) is 4.79 Å². The Hall–Kier alpha value is -2.19. The molecule has 132 valence electrons. The van der Waals surface area contributed by atoms with Gasteiger partial charge < -0.3 is 10.6 Å². The third kappa shape index (κ3) is 4.46. The minimum absolute atomic E-state index is 0.437. The predicted molar refractivity (Wildman–Crippen MR) is 98.7 cm³/mol. The van der Waals surface area contributed by atoms with Gasteiger partial charge in [0, 0.05) is 56.9 Å². The summed E-state index contributed by atoms with van der Waals surface area (Å²) < 4.78 is 0. The van der Waals surface area contributed by atoms with Gasteiger partial charge in [0.05, 0.1) is 5.56 Å². The van der Waals surface area contributed by atoms with Crippen molar-refractivity contribution >= 4 is 23.5 Å². The van der Waals surface area contributed by atoms with Crippen LogP contribution in [0, 0.1) is 0 Å². The van der Waals surface area contributed by atoms with Gasteiger partial charge in [0.1, 0.15) is 5.82 Å². The molecule has 25 heavy (non-hydrogen) atoms. The summed E-state index contributed by atoms with van der Waals surface area (Å²) in [5.74, 6) is 1.22. The summed E-state index contributed by atoms with van der Waals surface area (Å²) >= 11 is 1.64. The number of hydrogen-bond acceptors (Lipinski definition) is 7. The van der Waals surface area contributed by atoms with E-state index in [4.69, 9.17) is 5.73 Å². The molecule has 0 radical (unpaired) electrons. The first-order valence-corrected chi connectivity index (χ1v) is 9.31. The van der Waals surface area contributed by atoms with E-state index >= 15 is 0 Å². The molecule has 2 N–H and O–H groups in total. The van der Waals surface area contributed by atoms with Crippen molar-refractivity contribution in [1.29, 1.82) is 0 Å². The lowest BCUT2D eigenvalue weighted by Crippen LogP contribution is -2.46. The van der Waals surface area contributed by atoms with Gasteiger partial charge in [-0.25, -0.2) is 15.0 Å². The maximum absolute atomic E-state index is 11.6. The van der Waals surface area contributed by atoms with Crippen molar-refractivity contribution in [3.05, 3.63) is 41.9 Å². The molecule has 0 aliphatic carbocycles. The minimum atomic E-state index is -0.437. The van der Waals surface area contributed by atoms with Crippen LogP contribution >= 0.6 is 11.8 Å². The van der Waals surface area contributed by atoms with E-state index in [0.29, 0.717) is 11.4 Å². The van der Waals surface area contributed by atoms with Crippen LogP contribution in [0.4, 0.5) is 5.82 Å². The summed E-state index contributed by atoms with van der Waals surface area (Å²) in [7, 11) is 0. The highest BCUT2D eigenvalue weighted by Gasteiger charge is 2.21. The van der Waals surface area contributed by atoms with Crippen molar-refractivity contribution in [1.82, 2.24) is 19.9 Å². The molecule has 7 nitrogen and oxygen atoms in total. The number of carbonyl (C=O) groups is 1. The standard InChI is InChI=1S/C17H22N6OS/c1-2-25-17-20-10-13(11-21-17)12-22-6-8-23(9-7-22)16-14(15(18)24)4-3-5-19-16/h3-5,10-11H,2,6-9,12H2,1H3,(H2,18,24). The van der Waals surface area contributed by atoms with Crippen LogP contribution in [0.25, 0.3) is 0 Å². The van der Waals surface area contributed by atoms with E-state index in [1.54, 1.807) is 30.1 Å². The van der Waals surface area contributed by atoms with Crippen LogP contribution in [0.3, 0.4) is 0 Å². The van der Waals surface area contributed by atoms with Crippen molar-refractivity contribution < 1.29 is 4.79 Å². The largest absolute Gasteiger partial charge is 0.365 e. The second kappa shape index (κ2) is 8.26. The zero-order valence-corrected chi connectivity index (χ0v) is 15.1. The lowest BCUT2D eigenvalue weighted by molar-refractivity contribution is 0.1000. The number of rotatable bonds is 6. The topological polar surface area (TPSA) is 88.2 Å². The van der Waals surface area contributed by atoms with E-state index in [2.05, 4.69) is 31.7 Å². The molecule has 1 amide bonds. The number of nitrogens with zero attached hydrogens (tertiary/aromatic N) is 5. The van der Waals surface area contributed by atoms with Crippen molar-refractivity contribution in [2.24, 2.45) is 5.73 Å². The van der Waals surface area contributed by atoms with Gasteiger partial charge in [-0.15, -0.1) is 0 Å². The first-order valence-electron chi connectivity index (χ1n) is 8.33. The third-order valence-corrected chi connectivity index (χ3v) is 4.84. The normalized spacial score (nSPS) is 15.3. The van der Waals surface area contributed by atoms with E-state index < -0.39 is 5.91 Å². The Labute approximate surface area is 151 Å². The molecule has 3 heterocycles. The average Bonchev–Trinajstić information content (AvgIpc) is 2.64. The molecule has 2 aromatic rings. The quantitative estimate of drug-likeness (QED) is 0.617. The van der Waals surface area contributed by atoms with Crippen molar-refractivity contribution in [3.8, 4) is 0 Å². The molecule has 0 spiro atoms. The molecule has 3 rings (SSSR count). The zero-order valence-electron chi connectivity index (χ0n) is 14.3. The molecule has 1 aliphatic rings. The van der Waals surface area contributed by atoms with Gasteiger partial charge in [-0.1, -0.05) is 18.7 Å². The van der Waals surface area contributed by atoms with E-state index in [1.165, 1.54) is 0 Å². The number of aromatic nitrogens is 3. The summed E-state index contributed by atoms with van der Waals surface area (Å²) in [4.78, 5) is 29.2. The number of piperazine rings is 1. The van der Waals surface area contributed by atoms with Gasteiger partial charge in [-0.3, -0.25) is 9.69 Å². The Balaban J connectivity index is 1.58. The average molecular weight is 358 g/mol. The van der Waals surface area contributed by atoms with Crippen LogP contribution < -0.4 is 10.6 Å². The summed E-state index contributed by atoms with van der Waals surface area (Å²) in [6, 6.07) is 3.46. The van der Waals surface area contributed by atoms with Crippen LogP contribution in [0.15, 0.2) is 35.9 Å². The summed E-state index contributed by atoms with van der Waals surface area (Å²) in [5.41, 5.74) is 7.05. The molecule has 1 fully saturated rings. The second-order valence-corrected chi connectivity index (χ2v) is 7.04. The Kier molecular flexibility index (Phi) is 5.83. The number of primary amides is 1. The van der Waals surface area contributed by atoms with Crippen LogP contribution in [0.1, 0.15) is 22.8 Å². The van der Waals surface area contributed by atoms with Gasteiger partial charge in [0.25, 0.3) is 5.91 Å². The molecule has 1 saturated heterocycles. The molecule has 0 bridgehead atoms. The number of thioether (sulfide) groups is 1. The van der Waals surface area contributed by atoms with Crippen molar-refractivity contribution in [3.63, 3.8) is 0 Å². The minimum Gasteiger partial charge on any atom is -0.365 e. The number of amides is 1. The van der Waals surface area contributed by atoms with E-state index in [0.717, 1.165) is 49.2 Å². The fourth-order valence-corrected chi connectivity index (χ4v) is 3.36. The van der Waals surface area contributed by atoms with E-state index in [-0.39, 0.29) is 0 Å². The number of anilines is 1. The van der Waals surface area contributed by atoms with Crippen molar-refractivity contribution in [2.75, 3.05) is 36.8 Å². The summed E-state index contributed by atoms with van der Waals surface area (Å²) in [5, 5.41) is 0.824. The number of hydrogen-bond donors (Lipinski definition) is 1. The highest BCUT2D eigenvalue weighted by atomic mass is 32.2. The number of carbonyl (C=O) groups excluding carboxylic acids is 1. The Bertz CT molecular complexity index is 715. The Morgan fingerprint density at radius 1 is 1.20 bits per heavy atom. The number of nitrogens with two attached hydrogens (primary N) is 1. The predicted octanol–water partition coefficient (Wildman–Crippen LogP) is 1.40. The molecule has 2 aromatic heterocycles. The fourth-order valence-electron chi connectivity index (χ4n) is 2.85. The molecule has 0 aromatic carbocycles. The van der Waals surface area contributed by atoms with Crippen LogP contribution in [0.5, 0.6) is 0 Å². The SMILES string of the molecule is CCSc1ncc(CN2CCN(c3ncccc3C(N)=O)CC2)cn1. The Morgan fingerprint density at radius 2 is 1.92 bits per heavy atom. The lowest BCUT2D eigenvalue weighted by Gasteiger charge is -2.35. The van der Waals surface area contributed by atoms with Crippen molar-refractivity contribution in [2.45, 2.75) is 18.6 Å². The molecule has 0 atom stereocenters.